The van der Waals surface area contributed by atoms with Crippen LogP contribution in [0.4, 0.5) is 0 Å². The molecule has 1 rings (SSSR count). The van der Waals surface area contributed by atoms with Crippen LogP contribution in [0.1, 0.15) is 162 Å². The molecule has 0 aromatic carbocycles. The van der Waals surface area contributed by atoms with Gasteiger partial charge in [0.2, 0.25) is 5.91 Å². The molecule has 0 aromatic rings. The first-order chi connectivity index (χ1) is 32.3. The molecule has 6 N–H and O–H groups in total. The number of carbonyl (C=O) groups is 1. The van der Waals surface area contributed by atoms with Gasteiger partial charge in [-0.1, -0.05) is 192 Å². The van der Waals surface area contributed by atoms with Gasteiger partial charge in [0.15, 0.2) is 6.29 Å². The lowest BCUT2D eigenvalue weighted by Gasteiger charge is -2.40. The summed E-state index contributed by atoms with van der Waals surface area (Å²) in [5, 5.41) is 53.8. The minimum Gasteiger partial charge on any atom is -0.394 e. The van der Waals surface area contributed by atoms with Gasteiger partial charge in [0.05, 0.1) is 25.4 Å². The number of ether oxygens (including phenoxy) is 2. The highest BCUT2D eigenvalue weighted by atomic mass is 16.7. The smallest absolute Gasteiger partial charge is 0.220 e. The first-order valence-corrected chi connectivity index (χ1v) is 25.4. The highest BCUT2D eigenvalue weighted by Crippen LogP contribution is 2.22. The molecule has 66 heavy (non-hydrogen) atoms. The molecular formula is C57H91NO8. The zero-order chi connectivity index (χ0) is 48.0. The molecule has 7 unspecified atom stereocenters. The van der Waals surface area contributed by atoms with E-state index in [0.717, 1.165) is 141 Å². The quantitative estimate of drug-likeness (QED) is 0.0263. The predicted octanol–water partition coefficient (Wildman–Crippen LogP) is 11.8. The van der Waals surface area contributed by atoms with Crippen molar-refractivity contribution in [1.82, 2.24) is 5.32 Å². The van der Waals surface area contributed by atoms with Crippen LogP contribution in [0.15, 0.2) is 134 Å². The van der Waals surface area contributed by atoms with Crippen molar-refractivity contribution in [2.75, 3.05) is 13.2 Å². The van der Waals surface area contributed by atoms with Crippen molar-refractivity contribution in [2.45, 2.75) is 204 Å². The number of aliphatic hydroxyl groups excluding tert-OH is 5. The molecule has 0 radical (unpaired) electrons. The number of nitrogens with one attached hydrogen (secondary N) is 1. The second-order valence-corrected chi connectivity index (χ2v) is 16.9. The number of aliphatic hydroxyl groups is 5. The molecule has 1 fully saturated rings. The molecule has 1 amide bonds. The van der Waals surface area contributed by atoms with E-state index >= 15 is 0 Å². The summed E-state index contributed by atoms with van der Waals surface area (Å²) in [6.07, 6.45) is 62.6. The van der Waals surface area contributed by atoms with Gasteiger partial charge in [0.25, 0.3) is 0 Å². The summed E-state index contributed by atoms with van der Waals surface area (Å²) >= 11 is 0. The van der Waals surface area contributed by atoms with Crippen molar-refractivity contribution in [3.05, 3.63) is 134 Å². The lowest BCUT2D eigenvalue weighted by Crippen LogP contribution is -2.60. The molecule has 0 aromatic heterocycles. The van der Waals surface area contributed by atoms with Gasteiger partial charge in [-0.15, -0.1) is 0 Å². The topological polar surface area (TPSA) is 149 Å². The number of hydrogen-bond acceptors (Lipinski definition) is 8. The third-order valence-corrected chi connectivity index (χ3v) is 11.0. The van der Waals surface area contributed by atoms with Crippen LogP contribution in [0.3, 0.4) is 0 Å². The van der Waals surface area contributed by atoms with Crippen LogP contribution in [0, 0.1) is 0 Å². The lowest BCUT2D eigenvalue weighted by molar-refractivity contribution is -0.302. The van der Waals surface area contributed by atoms with Crippen LogP contribution < -0.4 is 5.32 Å². The molecule has 0 spiro atoms. The van der Waals surface area contributed by atoms with Crippen molar-refractivity contribution in [1.29, 1.82) is 0 Å². The van der Waals surface area contributed by atoms with Gasteiger partial charge in [0.1, 0.15) is 24.4 Å². The van der Waals surface area contributed by atoms with Gasteiger partial charge in [-0.05, 0) is 96.3 Å². The fourth-order valence-electron chi connectivity index (χ4n) is 6.95. The van der Waals surface area contributed by atoms with Crippen molar-refractivity contribution in [3.8, 4) is 0 Å². The second-order valence-electron chi connectivity index (χ2n) is 16.9. The predicted molar refractivity (Wildman–Crippen MR) is 276 cm³/mol. The zero-order valence-electron chi connectivity index (χ0n) is 40.9. The molecule has 0 saturated carbocycles. The maximum atomic E-state index is 12.9. The second kappa shape index (κ2) is 45.1. The minimum absolute atomic E-state index is 0.205. The average Bonchev–Trinajstić information content (AvgIpc) is 3.32. The first kappa shape index (κ1) is 60.3. The largest absolute Gasteiger partial charge is 0.394 e. The van der Waals surface area contributed by atoms with Crippen LogP contribution in [0.25, 0.3) is 0 Å². The Balaban J connectivity index is 2.14. The molecule has 1 saturated heterocycles. The van der Waals surface area contributed by atoms with E-state index in [1.807, 2.05) is 6.08 Å². The third-order valence-electron chi connectivity index (χ3n) is 11.0. The van der Waals surface area contributed by atoms with Gasteiger partial charge in [-0.25, -0.2) is 0 Å². The van der Waals surface area contributed by atoms with E-state index in [1.165, 1.54) is 0 Å². The van der Waals surface area contributed by atoms with Crippen molar-refractivity contribution >= 4 is 5.91 Å². The molecular weight excluding hydrogens is 827 g/mol. The lowest BCUT2D eigenvalue weighted by atomic mass is 9.99. The first-order valence-electron chi connectivity index (χ1n) is 25.4. The van der Waals surface area contributed by atoms with Crippen LogP contribution in [-0.4, -0.2) is 87.5 Å². The van der Waals surface area contributed by atoms with Gasteiger partial charge in [0, 0.05) is 6.42 Å². The average molecular weight is 918 g/mol. The molecule has 9 heteroatoms. The van der Waals surface area contributed by atoms with E-state index in [0.29, 0.717) is 6.42 Å². The maximum absolute atomic E-state index is 12.9. The summed E-state index contributed by atoms with van der Waals surface area (Å²) in [4.78, 5) is 12.9. The Morgan fingerprint density at radius 3 is 1.39 bits per heavy atom. The fraction of sp³-hybridized carbons (Fsp3) is 0.596. The van der Waals surface area contributed by atoms with Crippen LogP contribution in [0.2, 0.25) is 0 Å². The highest BCUT2D eigenvalue weighted by Gasteiger charge is 2.44. The number of unbranched alkanes of at least 4 members (excludes halogenated alkanes) is 10. The third kappa shape index (κ3) is 34.6. The van der Waals surface area contributed by atoms with E-state index in [2.05, 4.69) is 141 Å². The summed E-state index contributed by atoms with van der Waals surface area (Å²) in [5.41, 5.74) is 0. The van der Waals surface area contributed by atoms with E-state index < -0.39 is 49.5 Å². The van der Waals surface area contributed by atoms with Crippen molar-refractivity contribution in [3.63, 3.8) is 0 Å². The van der Waals surface area contributed by atoms with Crippen molar-refractivity contribution < 1.29 is 39.8 Å². The fourth-order valence-corrected chi connectivity index (χ4v) is 6.95. The standard InChI is InChI=1S/C57H91NO8/c1-3-5-7-9-11-12-13-14-15-16-17-18-19-20-21-22-23-24-25-26-27-28-29-30-31-32-33-34-35-36-37-38-39-40-41-43-45-47-53(61)58-50(51(60)46-44-42-10-8-6-4-2)49-65-57-56(64)55(63)54(62)52(48-59)66-57/h5,7,11-12,14-15,17-18,20-21,23-24,26-27,29-30,32-33,35-36,44,46,50-52,54-57,59-60,62-64H,3-4,6,8-10,13,16,19,22,25,28,31,34,37-43,45,47-49H2,1-2H3,(H,58,61)/b7-5-,12-11-,15-14-,18-17-,21-20-,24-23-,27-26-,30-29-,33-32-,36-35-,46-44+. The Kier molecular flexibility index (Phi) is 41.3. The molecule has 0 bridgehead atoms. The van der Waals surface area contributed by atoms with E-state index in [9.17, 15) is 30.3 Å². The number of carbonyl (C=O) groups excluding carboxylic acids is 1. The Hall–Kier alpha value is -3.67. The normalized spacial score (nSPS) is 21.0. The Morgan fingerprint density at radius 2 is 0.939 bits per heavy atom. The van der Waals surface area contributed by atoms with E-state index in [1.54, 1.807) is 6.08 Å². The molecule has 7 atom stereocenters. The number of amides is 1. The molecule has 372 valence electrons. The summed E-state index contributed by atoms with van der Waals surface area (Å²) < 4.78 is 11.1. The van der Waals surface area contributed by atoms with Gasteiger partial charge < -0.3 is 40.3 Å². The summed E-state index contributed by atoms with van der Waals surface area (Å²) in [5.74, 6) is -0.205. The Labute approximate surface area is 400 Å². The maximum Gasteiger partial charge on any atom is 0.220 e. The summed E-state index contributed by atoms with van der Waals surface area (Å²) in [6, 6.07) is -0.819. The Morgan fingerprint density at radius 1 is 0.530 bits per heavy atom. The monoisotopic (exact) mass is 918 g/mol. The number of allylic oxidation sites excluding steroid dienone is 21. The molecule has 0 aliphatic carbocycles. The van der Waals surface area contributed by atoms with E-state index in [-0.39, 0.29) is 12.5 Å². The van der Waals surface area contributed by atoms with Crippen molar-refractivity contribution in [2.24, 2.45) is 0 Å². The van der Waals surface area contributed by atoms with Crippen LogP contribution in [0.5, 0.6) is 0 Å². The van der Waals surface area contributed by atoms with Gasteiger partial charge in [-0.2, -0.15) is 0 Å². The number of rotatable bonds is 40. The molecule has 1 heterocycles. The van der Waals surface area contributed by atoms with Gasteiger partial charge >= 0.3 is 0 Å². The molecule has 1 aliphatic heterocycles. The van der Waals surface area contributed by atoms with Crippen LogP contribution in [-0.2, 0) is 14.3 Å². The highest BCUT2D eigenvalue weighted by molar-refractivity contribution is 5.76. The van der Waals surface area contributed by atoms with Crippen LogP contribution >= 0.6 is 0 Å². The summed E-state index contributed by atoms with van der Waals surface area (Å²) in [6.45, 7) is 3.53. The SMILES string of the molecule is CC/C=C\C/C=C\C/C=C\C/C=C\C/C=C\C/C=C\C/C=C\C/C=C\C/C=C\C/C=C\CCCCCCCCC(=O)NC(COC1OC(CO)C(O)C(O)C1O)C(O)/C=C/CCCCCC. The minimum atomic E-state index is -1.57. The summed E-state index contributed by atoms with van der Waals surface area (Å²) in [7, 11) is 0. The van der Waals surface area contributed by atoms with E-state index in [4.69, 9.17) is 9.47 Å². The zero-order valence-corrected chi connectivity index (χ0v) is 40.9. The van der Waals surface area contributed by atoms with Gasteiger partial charge in [-0.3, -0.25) is 4.79 Å². The Bertz CT molecular complexity index is 1480. The number of hydrogen-bond donors (Lipinski definition) is 6. The molecule has 1 aliphatic rings. The molecule has 9 nitrogen and oxygen atoms in total.